The molecule has 158 valence electrons. The van der Waals surface area contributed by atoms with Crippen LogP contribution in [-0.2, 0) is 14.3 Å². The van der Waals surface area contributed by atoms with Gasteiger partial charge in [-0.3, -0.25) is 4.79 Å². The summed E-state index contributed by atoms with van der Waals surface area (Å²) in [4.78, 5) is 41.8. The Morgan fingerprint density at radius 2 is 2.00 bits per heavy atom. The number of hydrogen-bond donors (Lipinski definition) is 1. The van der Waals surface area contributed by atoms with E-state index in [0.717, 1.165) is 23.1 Å². The summed E-state index contributed by atoms with van der Waals surface area (Å²) in [5, 5.41) is 2.74. The molecule has 2 aromatic heterocycles. The zero-order chi connectivity index (χ0) is 21.8. The smallest absolute Gasteiger partial charge is 0.348 e. The number of methoxy groups -OCH3 is 1. The van der Waals surface area contributed by atoms with Crippen LogP contribution in [0.25, 0.3) is 11.1 Å². The molecule has 0 saturated carbocycles. The van der Waals surface area contributed by atoms with Gasteiger partial charge in [0.2, 0.25) is 5.91 Å². The number of fused-ring (bicyclic) bond motifs is 1. The number of ether oxygens (including phenoxy) is 2. The minimum Gasteiger partial charge on any atom is -0.465 e. The van der Waals surface area contributed by atoms with Gasteiger partial charge in [-0.25, -0.2) is 14.6 Å². The number of para-hydroxylation sites is 2. The highest BCUT2D eigenvalue weighted by atomic mass is 32.2. The average molecular weight is 449 g/mol. The van der Waals surface area contributed by atoms with E-state index in [2.05, 4.69) is 10.3 Å². The SMILES string of the molecule is CCOC(=O)c1sc(NC(=O)C(C)Sc2nc3ccccc3o2)c(C(=O)OC)c1C. The lowest BCUT2D eigenvalue weighted by Crippen LogP contribution is -2.23. The number of nitrogens with zero attached hydrogens (tertiary/aromatic N) is 1. The number of rotatable bonds is 7. The Hall–Kier alpha value is -2.85. The molecule has 8 nitrogen and oxygen atoms in total. The van der Waals surface area contributed by atoms with Crippen molar-refractivity contribution in [3.8, 4) is 0 Å². The molecular weight excluding hydrogens is 428 g/mol. The van der Waals surface area contributed by atoms with Crippen molar-refractivity contribution in [2.45, 2.75) is 31.2 Å². The fourth-order valence-electron chi connectivity index (χ4n) is 2.66. The molecule has 0 fully saturated rings. The normalized spacial score (nSPS) is 11.9. The number of aromatic nitrogens is 1. The summed E-state index contributed by atoms with van der Waals surface area (Å²) in [7, 11) is 1.24. The van der Waals surface area contributed by atoms with Gasteiger partial charge in [0.05, 0.1) is 24.5 Å². The molecule has 1 amide bonds. The van der Waals surface area contributed by atoms with Crippen LogP contribution in [0.1, 0.15) is 39.4 Å². The van der Waals surface area contributed by atoms with E-state index in [9.17, 15) is 14.4 Å². The summed E-state index contributed by atoms with van der Waals surface area (Å²) >= 11 is 2.13. The van der Waals surface area contributed by atoms with Crippen molar-refractivity contribution in [2.24, 2.45) is 0 Å². The number of amides is 1. The van der Waals surface area contributed by atoms with E-state index in [4.69, 9.17) is 13.9 Å². The monoisotopic (exact) mass is 448 g/mol. The van der Waals surface area contributed by atoms with Gasteiger partial charge in [0.25, 0.3) is 5.22 Å². The first-order valence-corrected chi connectivity index (χ1v) is 10.8. The van der Waals surface area contributed by atoms with E-state index < -0.39 is 17.2 Å². The minimum atomic E-state index is -0.645. The third kappa shape index (κ3) is 4.49. The van der Waals surface area contributed by atoms with Crippen molar-refractivity contribution in [1.29, 1.82) is 0 Å². The number of oxazole rings is 1. The van der Waals surface area contributed by atoms with Crippen LogP contribution in [-0.4, -0.2) is 41.8 Å². The van der Waals surface area contributed by atoms with Crippen LogP contribution in [0.5, 0.6) is 0 Å². The first-order chi connectivity index (χ1) is 14.3. The van der Waals surface area contributed by atoms with Gasteiger partial charge in [0.1, 0.15) is 15.4 Å². The second kappa shape index (κ2) is 9.31. The Morgan fingerprint density at radius 1 is 1.27 bits per heavy atom. The fourth-order valence-corrected chi connectivity index (χ4v) is 4.51. The fraction of sp³-hybridized carbons (Fsp3) is 0.300. The van der Waals surface area contributed by atoms with E-state index in [-0.39, 0.29) is 28.0 Å². The van der Waals surface area contributed by atoms with E-state index in [1.54, 1.807) is 26.8 Å². The summed E-state index contributed by atoms with van der Waals surface area (Å²) in [6.07, 6.45) is 0. The Bertz CT molecular complexity index is 1070. The molecule has 30 heavy (non-hydrogen) atoms. The molecule has 3 rings (SSSR count). The molecule has 0 aliphatic rings. The van der Waals surface area contributed by atoms with E-state index >= 15 is 0 Å². The number of carbonyl (C=O) groups is 3. The number of benzene rings is 1. The Labute approximate surface area is 180 Å². The van der Waals surface area contributed by atoms with E-state index in [1.807, 2.05) is 18.2 Å². The molecule has 0 saturated heterocycles. The molecule has 1 unspecified atom stereocenters. The molecule has 0 aliphatic heterocycles. The molecular formula is C20H20N2O6S2. The largest absolute Gasteiger partial charge is 0.465 e. The Morgan fingerprint density at radius 3 is 2.67 bits per heavy atom. The van der Waals surface area contributed by atoms with Gasteiger partial charge in [0.15, 0.2) is 5.58 Å². The van der Waals surface area contributed by atoms with Crippen LogP contribution in [0, 0.1) is 6.92 Å². The van der Waals surface area contributed by atoms with Crippen molar-refractivity contribution in [3.05, 3.63) is 40.3 Å². The number of hydrogen-bond acceptors (Lipinski definition) is 9. The molecule has 0 radical (unpaired) electrons. The first kappa shape index (κ1) is 21.8. The number of thiophene rings is 1. The molecule has 10 heteroatoms. The highest BCUT2D eigenvalue weighted by molar-refractivity contribution is 8.00. The van der Waals surface area contributed by atoms with Crippen molar-refractivity contribution >= 4 is 57.0 Å². The second-order valence-corrected chi connectivity index (χ2v) is 8.48. The summed E-state index contributed by atoms with van der Waals surface area (Å²) in [6.45, 7) is 5.19. The van der Waals surface area contributed by atoms with Crippen LogP contribution in [0.4, 0.5) is 5.00 Å². The maximum atomic E-state index is 12.7. The highest BCUT2D eigenvalue weighted by Gasteiger charge is 2.28. The van der Waals surface area contributed by atoms with Crippen molar-refractivity contribution in [2.75, 3.05) is 19.0 Å². The van der Waals surface area contributed by atoms with E-state index in [1.165, 1.54) is 7.11 Å². The van der Waals surface area contributed by atoms with Crippen LogP contribution >= 0.6 is 23.1 Å². The van der Waals surface area contributed by atoms with Crippen LogP contribution in [0.2, 0.25) is 0 Å². The van der Waals surface area contributed by atoms with Crippen molar-refractivity contribution < 1.29 is 28.3 Å². The third-order valence-electron chi connectivity index (χ3n) is 4.15. The predicted octanol–water partition coefficient (Wildman–Crippen LogP) is 4.28. The second-order valence-electron chi connectivity index (χ2n) is 6.17. The quantitative estimate of drug-likeness (QED) is 0.421. The van der Waals surface area contributed by atoms with Gasteiger partial charge in [-0.05, 0) is 38.5 Å². The van der Waals surface area contributed by atoms with Crippen LogP contribution in [0.15, 0.2) is 33.9 Å². The third-order valence-corrected chi connectivity index (χ3v) is 6.29. The molecule has 3 aromatic rings. The molecule has 1 atom stereocenters. The summed E-state index contributed by atoms with van der Waals surface area (Å²) < 4.78 is 15.5. The molecule has 0 spiro atoms. The minimum absolute atomic E-state index is 0.137. The zero-order valence-electron chi connectivity index (χ0n) is 16.8. The van der Waals surface area contributed by atoms with E-state index in [0.29, 0.717) is 21.9 Å². The lowest BCUT2D eigenvalue weighted by molar-refractivity contribution is -0.115. The van der Waals surface area contributed by atoms with Gasteiger partial charge in [-0.2, -0.15) is 0 Å². The maximum absolute atomic E-state index is 12.7. The summed E-state index contributed by atoms with van der Waals surface area (Å²) in [5.41, 5.74) is 1.87. The van der Waals surface area contributed by atoms with Crippen LogP contribution < -0.4 is 5.32 Å². The van der Waals surface area contributed by atoms with Gasteiger partial charge < -0.3 is 19.2 Å². The highest BCUT2D eigenvalue weighted by Crippen LogP contribution is 2.35. The molecule has 2 heterocycles. The molecule has 0 bridgehead atoms. The average Bonchev–Trinajstić information content (AvgIpc) is 3.27. The summed E-state index contributed by atoms with van der Waals surface area (Å²) in [5.74, 6) is -1.57. The van der Waals surface area contributed by atoms with Gasteiger partial charge in [-0.1, -0.05) is 23.9 Å². The van der Waals surface area contributed by atoms with Gasteiger partial charge in [-0.15, -0.1) is 11.3 Å². The lowest BCUT2D eigenvalue weighted by Gasteiger charge is -2.10. The van der Waals surface area contributed by atoms with Crippen LogP contribution in [0.3, 0.4) is 0 Å². The maximum Gasteiger partial charge on any atom is 0.348 e. The number of carbonyl (C=O) groups excluding carboxylic acids is 3. The number of anilines is 1. The summed E-state index contributed by atoms with van der Waals surface area (Å²) in [6, 6.07) is 7.31. The standard InChI is InChI=1S/C20H20N2O6S2/c1-5-27-19(25)15-10(2)14(18(24)26-4)17(30-15)22-16(23)11(3)29-20-21-12-8-6-7-9-13(12)28-20/h6-9,11H,5H2,1-4H3,(H,22,23). The van der Waals surface area contributed by atoms with Crippen molar-refractivity contribution in [3.63, 3.8) is 0 Å². The first-order valence-electron chi connectivity index (χ1n) is 9.07. The number of thioether (sulfide) groups is 1. The van der Waals surface area contributed by atoms with Gasteiger partial charge >= 0.3 is 11.9 Å². The Kier molecular flexibility index (Phi) is 6.78. The predicted molar refractivity (Wildman–Crippen MR) is 114 cm³/mol. The topological polar surface area (TPSA) is 108 Å². The zero-order valence-corrected chi connectivity index (χ0v) is 18.4. The van der Waals surface area contributed by atoms with Crippen molar-refractivity contribution in [1.82, 2.24) is 4.98 Å². The molecule has 1 aromatic carbocycles. The molecule has 1 N–H and O–H groups in total. The van der Waals surface area contributed by atoms with Gasteiger partial charge in [0, 0.05) is 0 Å². The Balaban J connectivity index is 1.81. The number of esters is 2. The molecule has 0 aliphatic carbocycles. The number of nitrogens with one attached hydrogen (secondary N) is 1. The lowest BCUT2D eigenvalue weighted by atomic mass is 10.1.